The van der Waals surface area contributed by atoms with Gasteiger partial charge >= 0.3 is 4.87 Å². The fourth-order valence-corrected chi connectivity index (χ4v) is 4.49. The van der Waals surface area contributed by atoms with E-state index in [0.717, 1.165) is 52.6 Å². The molecule has 1 heterocycles. The van der Waals surface area contributed by atoms with Gasteiger partial charge in [-0.15, -0.1) is 0 Å². The normalized spacial score (nSPS) is 12.2. The number of thiazole rings is 1. The van der Waals surface area contributed by atoms with Crippen molar-refractivity contribution in [2.24, 2.45) is 0 Å². The Balaban J connectivity index is 1.70. The fraction of sp³-hybridized carbons (Fsp3) is 0.391. The lowest BCUT2D eigenvalue weighted by molar-refractivity contribution is -0.125. The number of halogens is 1. The number of ether oxygens (including phenoxy) is 1. The van der Waals surface area contributed by atoms with Gasteiger partial charge in [-0.2, -0.15) is 0 Å². The average molecular weight is 507 g/mol. The van der Waals surface area contributed by atoms with E-state index in [2.05, 4.69) is 33.2 Å². The molecule has 3 aromatic rings. The lowest BCUT2D eigenvalue weighted by atomic mass is 10.1. The van der Waals surface area contributed by atoms with Gasteiger partial charge in [-0.3, -0.25) is 9.59 Å². The summed E-state index contributed by atoms with van der Waals surface area (Å²) in [4.78, 5) is 26.7. The molecule has 0 aliphatic rings. The van der Waals surface area contributed by atoms with Crippen molar-refractivity contribution in [3.8, 4) is 5.75 Å². The largest absolute Gasteiger partial charge is 0.506 e. The average Bonchev–Trinajstić information content (AvgIpc) is 3.14. The molecule has 6 nitrogen and oxygen atoms in total. The van der Waals surface area contributed by atoms with Crippen LogP contribution in [0.15, 0.2) is 45.7 Å². The van der Waals surface area contributed by atoms with E-state index in [1.165, 1.54) is 0 Å². The van der Waals surface area contributed by atoms with E-state index in [-0.39, 0.29) is 16.5 Å². The summed E-state index contributed by atoms with van der Waals surface area (Å²) in [6.45, 7) is 2.55. The van der Waals surface area contributed by atoms with Gasteiger partial charge in [-0.1, -0.05) is 65.2 Å². The molecular weight excluding hydrogens is 480 g/mol. The van der Waals surface area contributed by atoms with E-state index in [0.29, 0.717) is 29.7 Å². The zero-order valence-corrected chi connectivity index (χ0v) is 19.9. The topological polar surface area (TPSA) is 91.4 Å². The van der Waals surface area contributed by atoms with Gasteiger partial charge < -0.3 is 20.1 Å². The van der Waals surface area contributed by atoms with Crippen LogP contribution in [0.5, 0.6) is 5.75 Å². The number of rotatable bonds is 11. The first kappa shape index (κ1) is 23.5. The van der Waals surface area contributed by atoms with Crippen LogP contribution in [0.4, 0.5) is 0 Å². The Morgan fingerprint density at radius 3 is 2.74 bits per heavy atom. The summed E-state index contributed by atoms with van der Waals surface area (Å²) in [6, 6.07) is 11.4. The Bertz CT molecular complexity index is 1060. The predicted molar refractivity (Wildman–Crippen MR) is 128 cm³/mol. The lowest BCUT2D eigenvalue weighted by Gasteiger charge is -2.20. The number of carbonyl (C=O) groups is 1. The van der Waals surface area contributed by atoms with E-state index in [9.17, 15) is 14.7 Å². The zero-order chi connectivity index (χ0) is 22.2. The van der Waals surface area contributed by atoms with Gasteiger partial charge in [0.2, 0.25) is 5.91 Å². The molecule has 0 spiro atoms. The molecule has 1 amide bonds. The molecule has 0 fully saturated rings. The number of nitrogens with one attached hydrogen (secondary N) is 2. The van der Waals surface area contributed by atoms with Gasteiger partial charge in [0.15, 0.2) is 0 Å². The van der Waals surface area contributed by atoms with E-state index in [4.69, 9.17) is 4.74 Å². The lowest BCUT2D eigenvalue weighted by Crippen LogP contribution is -2.39. The number of amides is 1. The molecule has 8 heteroatoms. The summed E-state index contributed by atoms with van der Waals surface area (Å²) in [5, 5.41) is 13.0. The van der Waals surface area contributed by atoms with Crippen LogP contribution in [-0.4, -0.2) is 28.8 Å². The number of phenolic OH excluding ortho intramolecular Hbond substituents is 1. The Labute approximate surface area is 193 Å². The van der Waals surface area contributed by atoms with Crippen molar-refractivity contribution in [3.05, 3.63) is 61.7 Å². The summed E-state index contributed by atoms with van der Waals surface area (Å²) in [5.74, 6) is -0.00669. The third-order valence-electron chi connectivity index (χ3n) is 5.00. The predicted octanol–water partition coefficient (Wildman–Crippen LogP) is 4.88. The molecule has 2 aromatic carbocycles. The molecule has 3 rings (SSSR count). The van der Waals surface area contributed by atoms with Gasteiger partial charge in [0.05, 0.1) is 11.3 Å². The van der Waals surface area contributed by atoms with Gasteiger partial charge in [0.1, 0.15) is 17.5 Å². The minimum absolute atomic E-state index is 0.0356. The number of hydrogen-bond acceptors (Lipinski definition) is 5. The first-order chi connectivity index (χ1) is 15.0. The highest BCUT2D eigenvalue weighted by Gasteiger charge is 2.17. The Hall–Kier alpha value is -2.16. The SMILES string of the molecule is CCCCCC(=O)NC(Cc1ccc(O)c2[nH]c(=O)sc12)OCCc1ccc(Br)cc1. The molecule has 0 aliphatic carbocycles. The number of H-pyrrole nitrogens is 1. The van der Waals surface area contributed by atoms with Crippen molar-refractivity contribution in [2.75, 3.05) is 6.61 Å². The van der Waals surface area contributed by atoms with Gasteiger partial charge in [0, 0.05) is 17.3 Å². The summed E-state index contributed by atoms with van der Waals surface area (Å²) in [5.41, 5.74) is 2.42. The second-order valence-electron chi connectivity index (χ2n) is 7.43. The van der Waals surface area contributed by atoms with E-state index in [1.807, 2.05) is 24.3 Å². The number of fused-ring (bicyclic) bond motifs is 1. The summed E-state index contributed by atoms with van der Waals surface area (Å²) < 4.78 is 7.76. The van der Waals surface area contributed by atoms with Crippen LogP contribution < -0.4 is 10.2 Å². The van der Waals surface area contributed by atoms with Crippen molar-refractivity contribution in [1.82, 2.24) is 10.3 Å². The molecular formula is C23H27BrN2O4S. The maximum atomic E-state index is 12.4. The fourth-order valence-electron chi connectivity index (χ4n) is 3.34. The van der Waals surface area contributed by atoms with Crippen LogP contribution in [0.3, 0.4) is 0 Å². The number of carbonyl (C=O) groups excluding carboxylic acids is 1. The maximum Gasteiger partial charge on any atom is 0.305 e. The van der Waals surface area contributed by atoms with Crippen LogP contribution in [-0.2, 0) is 22.4 Å². The number of hydrogen-bond donors (Lipinski definition) is 3. The molecule has 0 aliphatic heterocycles. The number of aromatic amines is 1. The standard InChI is InChI=1S/C23H27BrN2O4S/c1-2-3-4-5-19(28)25-20(30-13-12-15-6-9-17(24)10-7-15)14-16-8-11-18(27)21-22(16)31-23(29)26-21/h6-11,20,27H,2-5,12-14H2,1H3,(H,25,28)(H,26,29). The first-order valence-corrected chi connectivity index (χ1v) is 12.1. The van der Waals surface area contributed by atoms with Crippen molar-refractivity contribution in [2.45, 2.75) is 51.7 Å². The second kappa shape index (κ2) is 11.5. The Kier molecular flexibility index (Phi) is 8.69. The number of aromatic nitrogens is 1. The summed E-state index contributed by atoms with van der Waals surface area (Å²) >= 11 is 4.48. The summed E-state index contributed by atoms with van der Waals surface area (Å²) in [7, 11) is 0. The van der Waals surface area contributed by atoms with E-state index >= 15 is 0 Å². The van der Waals surface area contributed by atoms with Crippen LogP contribution in [0.2, 0.25) is 0 Å². The highest BCUT2D eigenvalue weighted by molar-refractivity contribution is 9.10. The van der Waals surface area contributed by atoms with E-state index < -0.39 is 6.23 Å². The second-order valence-corrected chi connectivity index (χ2v) is 9.33. The molecule has 0 bridgehead atoms. The van der Waals surface area contributed by atoms with Crippen LogP contribution in [0, 0.1) is 0 Å². The zero-order valence-electron chi connectivity index (χ0n) is 17.4. The van der Waals surface area contributed by atoms with Crippen molar-refractivity contribution < 1.29 is 14.6 Å². The van der Waals surface area contributed by atoms with Crippen LogP contribution in [0.25, 0.3) is 10.2 Å². The molecule has 1 aromatic heterocycles. The molecule has 1 unspecified atom stereocenters. The maximum absolute atomic E-state index is 12.4. The molecule has 0 saturated carbocycles. The van der Waals surface area contributed by atoms with E-state index in [1.54, 1.807) is 12.1 Å². The van der Waals surface area contributed by atoms with Crippen LogP contribution >= 0.6 is 27.3 Å². The first-order valence-electron chi connectivity index (χ1n) is 10.5. The molecule has 0 saturated heterocycles. The highest BCUT2D eigenvalue weighted by atomic mass is 79.9. The van der Waals surface area contributed by atoms with Gasteiger partial charge in [0.25, 0.3) is 0 Å². The molecule has 0 radical (unpaired) electrons. The highest BCUT2D eigenvalue weighted by Crippen LogP contribution is 2.28. The minimum Gasteiger partial charge on any atom is -0.506 e. The van der Waals surface area contributed by atoms with Gasteiger partial charge in [-0.25, -0.2) is 0 Å². The molecule has 3 N–H and O–H groups in total. The van der Waals surface area contributed by atoms with Crippen molar-refractivity contribution >= 4 is 43.4 Å². The summed E-state index contributed by atoms with van der Waals surface area (Å²) in [6.07, 6.45) is 3.98. The Morgan fingerprint density at radius 1 is 1.23 bits per heavy atom. The Morgan fingerprint density at radius 2 is 2.00 bits per heavy atom. The molecule has 31 heavy (non-hydrogen) atoms. The van der Waals surface area contributed by atoms with Crippen molar-refractivity contribution in [1.29, 1.82) is 0 Å². The third-order valence-corrected chi connectivity index (χ3v) is 6.48. The van der Waals surface area contributed by atoms with Crippen molar-refractivity contribution in [3.63, 3.8) is 0 Å². The molecule has 1 atom stereocenters. The third kappa shape index (κ3) is 6.92. The van der Waals surface area contributed by atoms with Gasteiger partial charge in [-0.05, 0) is 42.2 Å². The molecule has 166 valence electrons. The number of phenols is 1. The smallest absolute Gasteiger partial charge is 0.305 e. The number of aromatic hydroxyl groups is 1. The quantitative estimate of drug-likeness (QED) is 0.255. The van der Waals surface area contributed by atoms with Crippen LogP contribution in [0.1, 0.15) is 43.7 Å². The monoisotopic (exact) mass is 506 g/mol. The minimum atomic E-state index is -0.519. The number of unbranched alkanes of at least 4 members (excludes halogenated alkanes) is 2. The number of benzene rings is 2.